The Kier molecular flexibility index (Phi) is 3.97. The van der Waals surface area contributed by atoms with Crippen LogP contribution in [-0.4, -0.2) is 5.78 Å². The second-order valence-electron chi connectivity index (χ2n) is 5.08. The zero-order chi connectivity index (χ0) is 16.2. The fraction of sp³-hybridized carbons (Fsp3) is 0. The van der Waals surface area contributed by atoms with Crippen molar-refractivity contribution in [2.75, 3.05) is 11.5 Å². The van der Waals surface area contributed by atoms with Crippen molar-refractivity contribution in [2.45, 2.75) is 0 Å². The molecule has 4 heteroatoms. The molecular formula is C19H16N2O2. The number of hydrogen-bond donors (Lipinski definition) is 2. The summed E-state index contributed by atoms with van der Waals surface area (Å²) in [5.41, 5.74) is 13.7. The van der Waals surface area contributed by atoms with Crippen molar-refractivity contribution in [1.82, 2.24) is 0 Å². The van der Waals surface area contributed by atoms with Gasteiger partial charge < -0.3 is 16.2 Å². The molecule has 0 bridgehead atoms. The lowest BCUT2D eigenvalue weighted by molar-refractivity contribution is 0.103. The van der Waals surface area contributed by atoms with E-state index in [2.05, 4.69) is 0 Å². The molecule has 0 atom stereocenters. The number of benzene rings is 3. The first kappa shape index (κ1) is 14.7. The summed E-state index contributed by atoms with van der Waals surface area (Å²) in [5, 5.41) is 0. The van der Waals surface area contributed by atoms with E-state index in [-0.39, 0.29) is 5.78 Å². The van der Waals surface area contributed by atoms with Crippen LogP contribution in [-0.2, 0) is 0 Å². The number of hydrogen-bond acceptors (Lipinski definition) is 4. The maximum atomic E-state index is 12.5. The van der Waals surface area contributed by atoms with Crippen molar-refractivity contribution in [3.63, 3.8) is 0 Å². The summed E-state index contributed by atoms with van der Waals surface area (Å²) in [5.74, 6) is 0.940. The number of para-hydroxylation sites is 1. The zero-order valence-corrected chi connectivity index (χ0v) is 12.4. The Morgan fingerprint density at radius 3 is 2.26 bits per heavy atom. The van der Waals surface area contributed by atoms with Crippen LogP contribution in [0.5, 0.6) is 11.5 Å². The highest BCUT2D eigenvalue weighted by Crippen LogP contribution is 2.31. The van der Waals surface area contributed by atoms with Gasteiger partial charge in [0.15, 0.2) is 11.5 Å². The Hall–Kier alpha value is -3.27. The van der Waals surface area contributed by atoms with E-state index in [1.807, 2.05) is 18.2 Å². The van der Waals surface area contributed by atoms with E-state index in [4.69, 9.17) is 16.2 Å². The molecule has 0 saturated carbocycles. The number of ketones is 1. The van der Waals surface area contributed by atoms with Gasteiger partial charge >= 0.3 is 0 Å². The molecule has 23 heavy (non-hydrogen) atoms. The predicted octanol–water partition coefficient (Wildman–Crippen LogP) is 3.87. The Morgan fingerprint density at radius 1 is 0.783 bits per heavy atom. The molecule has 0 aliphatic rings. The first-order chi connectivity index (χ1) is 11.1. The minimum Gasteiger partial charge on any atom is -0.455 e. The molecule has 4 N–H and O–H groups in total. The van der Waals surface area contributed by atoms with E-state index in [9.17, 15) is 4.79 Å². The number of nitrogens with two attached hydrogens (primary N) is 2. The van der Waals surface area contributed by atoms with Crippen molar-refractivity contribution in [3.8, 4) is 11.5 Å². The fourth-order valence-corrected chi connectivity index (χ4v) is 2.23. The highest BCUT2D eigenvalue weighted by atomic mass is 16.5. The molecule has 3 rings (SSSR count). The van der Waals surface area contributed by atoms with Gasteiger partial charge in [0.2, 0.25) is 0 Å². The molecule has 0 radical (unpaired) electrons. The van der Waals surface area contributed by atoms with Crippen LogP contribution >= 0.6 is 0 Å². The molecule has 3 aromatic carbocycles. The SMILES string of the molecule is Nc1cccc(Oc2cccc(C(=O)c3ccccc3)c2)c1N. The average Bonchev–Trinajstić information content (AvgIpc) is 2.59. The molecule has 0 spiro atoms. The summed E-state index contributed by atoms with van der Waals surface area (Å²) >= 11 is 0. The Bertz CT molecular complexity index is 845. The van der Waals surface area contributed by atoms with E-state index in [1.165, 1.54) is 0 Å². The van der Waals surface area contributed by atoms with Gasteiger partial charge in [-0.05, 0) is 24.3 Å². The zero-order valence-electron chi connectivity index (χ0n) is 12.4. The monoisotopic (exact) mass is 304 g/mol. The summed E-state index contributed by atoms with van der Waals surface area (Å²) in [4.78, 5) is 12.5. The van der Waals surface area contributed by atoms with Gasteiger partial charge in [-0.1, -0.05) is 48.5 Å². The first-order valence-electron chi connectivity index (χ1n) is 7.17. The number of ether oxygens (including phenoxy) is 1. The van der Waals surface area contributed by atoms with Crippen LogP contribution in [0.4, 0.5) is 11.4 Å². The van der Waals surface area contributed by atoms with Gasteiger partial charge in [0.25, 0.3) is 0 Å². The van der Waals surface area contributed by atoms with Crippen LogP contribution in [0.15, 0.2) is 72.8 Å². The summed E-state index contributed by atoms with van der Waals surface area (Å²) < 4.78 is 5.76. The summed E-state index contributed by atoms with van der Waals surface area (Å²) in [6.07, 6.45) is 0. The van der Waals surface area contributed by atoms with Gasteiger partial charge in [0.05, 0.1) is 11.4 Å². The summed E-state index contributed by atoms with van der Waals surface area (Å²) in [6.45, 7) is 0. The number of carbonyl (C=O) groups is 1. The third-order valence-corrected chi connectivity index (χ3v) is 3.46. The van der Waals surface area contributed by atoms with Gasteiger partial charge in [0.1, 0.15) is 5.75 Å². The van der Waals surface area contributed by atoms with E-state index in [1.54, 1.807) is 54.6 Å². The quantitative estimate of drug-likeness (QED) is 0.566. The number of anilines is 2. The molecule has 0 aliphatic carbocycles. The van der Waals surface area contributed by atoms with Crippen molar-refractivity contribution < 1.29 is 9.53 Å². The van der Waals surface area contributed by atoms with Gasteiger partial charge in [0, 0.05) is 11.1 Å². The average molecular weight is 304 g/mol. The first-order valence-corrected chi connectivity index (χ1v) is 7.17. The maximum Gasteiger partial charge on any atom is 0.193 e. The van der Waals surface area contributed by atoms with E-state index < -0.39 is 0 Å². The lowest BCUT2D eigenvalue weighted by atomic mass is 10.0. The second-order valence-corrected chi connectivity index (χ2v) is 5.08. The smallest absolute Gasteiger partial charge is 0.193 e. The molecule has 0 aliphatic heterocycles. The topological polar surface area (TPSA) is 78.3 Å². The van der Waals surface area contributed by atoms with Gasteiger partial charge in [-0.25, -0.2) is 0 Å². The molecule has 0 saturated heterocycles. The molecule has 0 unspecified atom stereocenters. The lowest BCUT2D eigenvalue weighted by Crippen LogP contribution is -2.01. The maximum absolute atomic E-state index is 12.5. The molecule has 0 amide bonds. The Labute approximate surface area is 134 Å². The minimum absolute atomic E-state index is 0.0587. The second kappa shape index (κ2) is 6.23. The standard InChI is InChI=1S/C19H16N2O2/c20-16-10-5-11-17(18(16)21)23-15-9-4-8-14(12-15)19(22)13-6-2-1-3-7-13/h1-12H,20-21H2. The van der Waals surface area contributed by atoms with Crippen molar-refractivity contribution in [1.29, 1.82) is 0 Å². The van der Waals surface area contributed by atoms with E-state index in [0.29, 0.717) is 34.0 Å². The number of carbonyl (C=O) groups excluding carboxylic acids is 1. The Balaban J connectivity index is 1.88. The van der Waals surface area contributed by atoms with Crippen molar-refractivity contribution in [2.24, 2.45) is 0 Å². The molecule has 0 aromatic heterocycles. The van der Waals surface area contributed by atoms with Crippen LogP contribution in [0.1, 0.15) is 15.9 Å². The third-order valence-electron chi connectivity index (χ3n) is 3.46. The van der Waals surface area contributed by atoms with Crippen LogP contribution in [0, 0.1) is 0 Å². The Morgan fingerprint density at radius 2 is 1.48 bits per heavy atom. The molecule has 114 valence electrons. The van der Waals surface area contributed by atoms with Gasteiger partial charge in [-0.2, -0.15) is 0 Å². The normalized spacial score (nSPS) is 10.3. The highest BCUT2D eigenvalue weighted by molar-refractivity contribution is 6.09. The largest absolute Gasteiger partial charge is 0.455 e. The van der Waals surface area contributed by atoms with Gasteiger partial charge in [-0.3, -0.25) is 4.79 Å². The van der Waals surface area contributed by atoms with Crippen molar-refractivity contribution in [3.05, 3.63) is 83.9 Å². The van der Waals surface area contributed by atoms with Crippen LogP contribution in [0.25, 0.3) is 0 Å². The summed E-state index contributed by atoms with van der Waals surface area (Å²) in [6, 6.07) is 21.3. The number of nitrogen functional groups attached to an aromatic ring is 2. The summed E-state index contributed by atoms with van der Waals surface area (Å²) in [7, 11) is 0. The molecule has 0 fully saturated rings. The molecule has 4 nitrogen and oxygen atoms in total. The molecule has 3 aromatic rings. The minimum atomic E-state index is -0.0587. The predicted molar refractivity (Wildman–Crippen MR) is 91.7 cm³/mol. The highest BCUT2D eigenvalue weighted by Gasteiger charge is 2.10. The number of rotatable bonds is 4. The third kappa shape index (κ3) is 3.16. The molecule has 0 heterocycles. The lowest BCUT2D eigenvalue weighted by Gasteiger charge is -2.11. The van der Waals surface area contributed by atoms with Crippen LogP contribution in [0.3, 0.4) is 0 Å². The van der Waals surface area contributed by atoms with E-state index >= 15 is 0 Å². The van der Waals surface area contributed by atoms with Crippen LogP contribution in [0.2, 0.25) is 0 Å². The van der Waals surface area contributed by atoms with Gasteiger partial charge in [-0.15, -0.1) is 0 Å². The van der Waals surface area contributed by atoms with E-state index in [0.717, 1.165) is 0 Å². The van der Waals surface area contributed by atoms with Crippen LogP contribution < -0.4 is 16.2 Å². The molecular weight excluding hydrogens is 288 g/mol. The van der Waals surface area contributed by atoms with Crippen molar-refractivity contribution >= 4 is 17.2 Å². The fourth-order valence-electron chi connectivity index (χ4n) is 2.23.